The molecule has 0 radical (unpaired) electrons. The summed E-state index contributed by atoms with van der Waals surface area (Å²) < 4.78 is 1.85. The van der Waals surface area contributed by atoms with Gasteiger partial charge in [0.25, 0.3) is 0 Å². The molecular weight excluding hydrogens is 212 g/mol. The van der Waals surface area contributed by atoms with Crippen LogP contribution in [0.5, 0.6) is 0 Å². The van der Waals surface area contributed by atoms with Crippen LogP contribution in [0.25, 0.3) is 0 Å². The molecule has 4 heteroatoms. The minimum atomic E-state index is 0.590. The third-order valence-electron chi connectivity index (χ3n) is 3.43. The molecule has 1 atom stereocenters. The molecular formula is C13H24N4. The molecule has 2 heterocycles. The van der Waals surface area contributed by atoms with Gasteiger partial charge in [0.05, 0.1) is 0 Å². The van der Waals surface area contributed by atoms with E-state index in [1.807, 2.05) is 17.9 Å². The van der Waals surface area contributed by atoms with E-state index < -0.39 is 0 Å². The molecule has 0 saturated carbocycles. The summed E-state index contributed by atoms with van der Waals surface area (Å²) in [4.78, 5) is 2.58. The van der Waals surface area contributed by atoms with Gasteiger partial charge in [0.15, 0.2) is 0 Å². The van der Waals surface area contributed by atoms with Crippen molar-refractivity contribution in [1.29, 1.82) is 0 Å². The van der Waals surface area contributed by atoms with Gasteiger partial charge in [-0.05, 0) is 38.8 Å². The Hall–Kier alpha value is -1.03. The predicted molar refractivity (Wildman–Crippen MR) is 71.2 cm³/mol. The average molecular weight is 236 g/mol. The van der Waals surface area contributed by atoms with Crippen LogP contribution in [0.1, 0.15) is 32.6 Å². The van der Waals surface area contributed by atoms with Crippen molar-refractivity contribution in [2.45, 2.75) is 38.6 Å². The summed E-state index contributed by atoms with van der Waals surface area (Å²) in [5.74, 6) is 1.02. The van der Waals surface area contributed by atoms with Gasteiger partial charge in [-0.2, -0.15) is 5.10 Å². The summed E-state index contributed by atoms with van der Waals surface area (Å²) in [5, 5.41) is 7.93. The number of likely N-dealkylation sites (tertiary alicyclic amines) is 1. The molecule has 0 spiro atoms. The standard InChI is InChI=1S/C13H24N4/c1-3-8-17-9-4-5-12(6-11-17)14-13-7-10-16(2)15-13/h7,10,12H,3-6,8-9,11H2,1-2H3,(H,14,15). The lowest BCUT2D eigenvalue weighted by atomic mass is 10.1. The van der Waals surface area contributed by atoms with E-state index in [2.05, 4.69) is 28.3 Å². The van der Waals surface area contributed by atoms with Gasteiger partial charge in [-0.1, -0.05) is 6.92 Å². The molecule has 1 unspecified atom stereocenters. The molecule has 4 nitrogen and oxygen atoms in total. The summed E-state index contributed by atoms with van der Waals surface area (Å²) in [7, 11) is 1.96. The Bertz CT molecular complexity index is 334. The molecule has 96 valence electrons. The Balaban J connectivity index is 1.82. The monoisotopic (exact) mass is 236 g/mol. The number of hydrogen-bond acceptors (Lipinski definition) is 3. The van der Waals surface area contributed by atoms with Crippen LogP contribution < -0.4 is 5.32 Å². The van der Waals surface area contributed by atoms with Crippen LogP contribution in [0.15, 0.2) is 12.3 Å². The van der Waals surface area contributed by atoms with Crippen molar-refractivity contribution < 1.29 is 0 Å². The molecule has 17 heavy (non-hydrogen) atoms. The van der Waals surface area contributed by atoms with Gasteiger partial charge >= 0.3 is 0 Å². The lowest BCUT2D eigenvalue weighted by Gasteiger charge is -2.19. The molecule has 0 aliphatic carbocycles. The molecule has 1 aliphatic heterocycles. The second kappa shape index (κ2) is 6.05. The Morgan fingerprint density at radius 2 is 2.29 bits per heavy atom. The van der Waals surface area contributed by atoms with Crippen molar-refractivity contribution in [3.63, 3.8) is 0 Å². The fourth-order valence-corrected chi connectivity index (χ4v) is 2.54. The molecule has 1 N–H and O–H groups in total. The lowest BCUT2D eigenvalue weighted by Crippen LogP contribution is -2.27. The Kier molecular flexibility index (Phi) is 4.42. The molecule has 1 aromatic heterocycles. The zero-order valence-electron chi connectivity index (χ0n) is 11.0. The highest BCUT2D eigenvalue weighted by Crippen LogP contribution is 2.15. The van der Waals surface area contributed by atoms with Crippen molar-refractivity contribution >= 4 is 5.82 Å². The number of anilines is 1. The first-order valence-electron chi connectivity index (χ1n) is 6.76. The van der Waals surface area contributed by atoms with Crippen LogP contribution in [-0.4, -0.2) is 40.4 Å². The van der Waals surface area contributed by atoms with E-state index in [9.17, 15) is 0 Å². The lowest BCUT2D eigenvalue weighted by molar-refractivity contribution is 0.285. The van der Waals surface area contributed by atoms with E-state index in [0.717, 1.165) is 5.82 Å². The van der Waals surface area contributed by atoms with Gasteiger partial charge in [-0.25, -0.2) is 0 Å². The predicted octanol–water partition coefficient (Wildman–Crippen LogP) is 2.10. The quantitative estimate of drug-likeness (QED) is 0.869. The van der Waals surface area contributed by atoms with Crippen LogP contribution in [0.3, 0.4) is 0 Å². The molecule has 1 aliphatic rings. The highest BCUT2D eigenvalue weighted by Gasteiger charge is 2.16. The van der Waals surface area contributed by atoms with Gasteiger partial charge in [0.1, 0.15) is 5.82 Å². The zero-order chi connectivity index (χ0) is 12.1. The topological polar surface area (TPSA) is 33.1 Å². The van der Waals surface area contributed by atoms with Gasteiger partial charge < -0.3 is 10.2 Å². The molecule has 1 aromatic rings. The summed E-state index contributed by atoms with van der Waals surface area (Å²) in [6, 6.07) is 2.64. The molecule has 1 fully saturated rings. The van der Waals surface area contributed by atoms with Crippen LogP contribution in [0.2, 0.25) is 0 Å². The summed E-state index contributed by atoms with van der Waals surface area (Å²) in [6.45, 7) is 5.98. The van der Waals surface area contributed by atoms with Gasteiger partial charge in [0, 0.05) is 31.9 Å². The Labute approximate surface area is 104 Å². The van der Waals surface area contributed by atoms with Crippen LogP contribution >= 0.6 is 0 Å². The third kappa shape index (κ3) is 3.73. The van der Waals surface area contributed by atoms with Crippen molar-refractivity contribution in [2.75, 3.05) is 25.0 Å². The minimum Gasteiger partial charge on any atom is -0.366 e. The van der Waals surface area contributed by atoms with Gasteiger partial charge in [-0.3, -0.25) is 4.68 Å². The largest absolute Gasteiger partial charge is 0.366 e. The number of aryl methyl sites for hydroxylation is 1. The molecule has 0 bridgehead atoms. The normalized spacial score (nSPS) is 22.4. The number of rotatable bonds is 4. The third-order valence-corrected chi connectivity index (χ3v) is 3.43. The SMILES string of the molecule is CCCN1CCCC(Nc2ccn(C)n2)CC1. The van der Waals surface area contributed by atoms with E-state index in [1.165, 1.54) is 45.3 Å². The van der Waals surface area contributed by atoms with Crippen LogP contribution in [0.4, 0.5) is 5.82 Å². The van der Waals surface area contributed by atoms with E-state index in [-0.39, 0.29) is 0 Å². The van der Waals surface area contributed by atoms with Gasteiger partial charge in [0.2, 0.25) is 0 Å². The van der Waals surface area contributed by atoms with Crippen LogP contribution in [0, 0.1) is 0 Å². The van der Waals surface area contributed by atoms with E-state index in [1.54, 1.807) is 0 Å². The second-order valence-corrected chi connectivity index (χ2v) is 4.99. The Morgan fingerprint density at radius 1 is 1.41 bits per heavy atom. The molecule has 0 aromatic carbocycles. The van der Waals surface area contributed by atoms with E-state index >= 15 is 0 Å². The first-order chi connectivity index (χ1) is 8.28. The maximum Gasteiger partial charge on any atom is 0.148 e. The first kappa shape index (κ1) is 12.4. The minimum absolute atomic E-state index is 0.590. The first-order valence-corrected chi connectivity index (χ1v) is 6.76. The number of nitrogens with zero attached hydrogens (tertiary/aromatic N) is 3. The van der Waals surface area contributed by atoms with Crippen molar-refractivity contribution in [3.05, 3.63) is 12.3 Å². The number of hydrogen-bond donors (Lipinski definition) is 1. The van der Waals surface area contributed by atoms with E-state index in [0.29, 0.717) is 6.04 Å². The Morgan fingerprint density at radius 3 is 3.00 bits per heavy atom. The summed E-state index contributed by atoms with van der Waals surface area (Å²) in [6.07, 6.45) is 7.04. The highest BCUT2D eigenvalue weighted by molar-refractivity contribution is 5.33. The van der Waals surface area contributed by atoms with Crippen LogP contribution in [-0.2, 0) is 7.05 Å². The molecule has 1 saturated heterocycles. The summed E-state index contributed by atoms with van der Waals surface area (Å²) in [5.41, 5.74) is 0. The van der Waals surface area contributed by atoms with Crippen molar-refractivity contribution in [2.24, 2.45) is 7.05 Å². The maximum atomic E-state index is 4.38. The second-order valence-electron chi connectivity index (χ2n) is 4.99. The molecule has 0 amide bonds. The number of nitrogens with one attached hydrogen (secondary N) is 1. The fourth-order valence-electron chi connectivity index (χ4n) is 2.54. The van der Waals surface area contributed by atoms with Crippen molar-refractivity contribution in [1.82, 2.24) is 14.7 Å². The number of aromatic nitrogens is 2. The average Bonchev–Trinajstić information content (AvgIpc) is 2.58. The molecule has 2 rings (SSSR count). The van der Waals surface area contributed by atoms with Crippen molar-refractivity contribution in [3.8, 4) is 0 Å². The fraction of sp³-hybridized carbons (Fsp3) is 0.769. The highest BCUT2D eigenvalue weighted by atomic mass is 15.3. The van der Waals surface area contributed by atoms with E-state index in [4.69, 9.17) is 0 Å². The summed E-state index contributed by atoms with van der Waals surface area (Å²) >= 11 is 0. The smallest absolute Gasteiger partial charge is 0.148 e. The maximum absolute atomic E-state index is 4.38. The zero-order valence-corrected chi connectivity index (χ0v) is 11.0. The van der Waals surface area contributed by atoms with Gasteiger partial charge in [-0.15, -0.1) is 0 Å².